The van der Waals surface area contributed by atoms with Gasteiger partial charge in [-0.3, -0.25) is 0 Å². The van der Waals surface area contributed by atoms with E-state index in [9.17, 15) is 0 Å². The average molecular weight is 488 g/mol. The molecule has 0 spiro atoms. The van der Waals surface area contributed by atoms with E-state index in [0.29, 0.717) is 0 Å². The van der Waals surface area contributed by atoms with Crippen LogP contribution in [0.3, 0.4) is 0 Å². The van der Waals surface area contributed by atoms with Crippen LogP contribution in [0.1, 0.15) is 23.1 Å². The number of fused-ring (bicyclic) bond motifs is 3. The minimum Gasteiger partial charge on any atom is -0.339 e. The zero-order valence-electron chi connectivity index (χ0n) is 17.2. The molecule has 0 saturated heterocycles. The molecule has 5 heterocycles. The van der Waals surface area contributed by atoms with Crippen molar-refractivity contribution >= 4 is 77.9 Å². The molecule has 0 aromatic carbocycles. The Morgan fingerprint density at radius 2 is 1.25 bits per heavy atom. The summed E-state index contributed by atoms with van der Waals surface area (Å²) in [5.41, 5.74) is 2.62. The summed E-state index contributed by atoms with van der Waals surface area (Å²) in [6.45, 7) is 3.21. The number of aryl methyl sites for hydroxylation is 1. The second kappa shape index (κ2) is 8.90. The summed E-state index contributed by atoms with van der Waals surface area (Å²) in [5.74, 6) is 0. The van der Waals surface area contributed by atoms with Crippen molar-refractivity contribution in [1.29, 1.82) is 10.5 Å². The van der Waals surface area contributed by atoms with E-state index >= 15 is 0 Å². The maximum Gasteiger partial charge on any atom is 0.0912 e. The van der Waals surface area contributed by atoms with E-state index < -0.39 is 0 Å². The zero-order valence-corrected chi connectivity index (χ0v) is 20.4. The predicted molar refractivity (Wildman–Crippen MR) is 141 cm³/mol. The molecule has 7 heteroatoms. The Kier molecular flexibility index (Phi) is 5.82. The molecule has 0 amide bonds. The van der Waals surface area contributed by atoms with Crippen LogP contribution in [0.25, 0.3) is 52.1 Å². The van der Waals surface area contributed by atoms with Crippen LogP contribution in [-0.2, 0) is 6.54 Å². The van der Waals surface area contributed by atoms with Gasteiger partial charge in [0.05, 0.1) is 32.6 Å². The molecule has 0 bridgehead atoms. The first-order valence-corrected chi connectivity index (χ1v) is 13.4. The first-order chi connectivity index (χ1) is 15.7. The molecule has 0 N–H and O–H groups in total. The van der Waals surface area contributed by atoms with Gasteiger partial charge in [-0.1, -0.05) is 6.92 Å². The molecular weight excluding hydrogens is 471 g/mol. The van der Waals surface area contributed by atoms with Gasteiger partial charge in [0.25, 0.3) is 0 Å². The number of thiophene rings is 4. The molecular formula is C25H17N3S4. The Bertz CT molecular complexity index is 1450. The molecule has 0 aliphatic rings. The highest BCUT2D eigenvalue weighted by Crippen LogP contribution is 2.47. The van der Waals surface area contributed by atoms with Crippen LogP contribution in [0.5, 0.6) is 0 Å². The first kappa shape index (κ1) is 20.9. The van der Waals surface area contributed by atoms with Crippen molar-refractivity contribution in [3.63, 3.8) is 0 Å². The lowest BCUT2D eigenvalue weighted by Gasteiger charge is -2.02. The van der Waals surface area contributed by atoms with Gasteiger partial charge in [0.15, 0.2) is 0 Å². The summed E-state index contributed by atoms with van der Waals surface area (Å²) in [4.78, 5) is 7.22. The quantitative estimate of drug-likeness (QED) is 0.225. The van der Waals surface area contributed by atoms with Crippen LogP contribution in [0.4, 0.5) is 0 Å². The van der Waals surface area contributed by atoms with E-state index in [1.165, 1.54) is 52.1 Å². The van der Waals surface area contributed by atoms with E-state index in [1.807, 2.05) is 34.8 Å². The molecule has 0 radical (unpaired) electrons. The highest BCUT2D eigenvalue weighted by atomic mass is 32.1. The number of rotatable bonds is 6. The van der Waals surface area contributed by atoms with Gasteiger partial charge in [-0.25, -0.2) is 0 Å². The Labute approximate surface area is 202 Å². The fraction of sp³-hybridized carbons (Fsp3) is 0.120. The molecule has 0 atom stereocenters. The van der Waals surface area contributed by atoms with Crippen molar-refractivity contribution in [3.8, 4) is 31.6 Å². The summed E-state index contributed by atoms with van der Waals surface area (Å²) in [6, 6.07) is 17.2. The molecule has 32 heavy (non-hydrogen) atoms. The third-order valence-corrected chi connectivity index (χ3v) is 9.95. The molecule has 0 fully saturated rings. The van der Waals surface area contributed by atoms with Gasteiger partial charge in [-0.05, 0) is 55.0 Å². The van der Waals surface area contributed by atoms with Crippen molar-refractivity contribution < 1.29 is 0 Å². The van der Waals surface area contributed by atoms with Crippen LogP contribution in [0.15, 0.2) is 48.6 Å². The normalized spacial score (nSPS) is 11.8. The van der Waals surface area contributed by atoms with Crippen molar-refractivity contribution in [3.05, 3.63) is 58.3 Å². The topological polar surface area (TPSA) is 52.5 Å². The minimum atomic E-state index is 0.994. The van der Waals surface area contributed by atoms with Crippen molar-refractivity contribution in [2.24, 2.45) is 0 Å². The third-order valence-electron chi connectivity index (χ3n) is 5.04. The van der Waals surface area contributed by atoms with Gasteiger partial charge < -0.3 is 4.57 Å². The minimum absolute atomic E-state index is 0.994. The average Bonchev–Trinajstić information content (AvgIpc) is 3.59. The van der Waals surface area contributed by atoms with E-state index in [-0.39, 0.29) is 0 Å². The molecule has 0 aliphatic heterocycles. The fourth-order valence-electron chi connectivity index (χ4n) is 3.71. The molecule has 0 saturated carbocycles. The van der Waals surface area contributed by atoms with Gasteiger partial charge in [0, 0.05) is 48.0 Å². The van der Waals surface area contributed by atoms with Gasteiger partial charge in [-0.15, -0.1) is 45.3 Å². The number of hydrogen-bond acceptors (Lipinski definition) is 6. The summed E-state index contributed by atoms with van der Waals surface area (Å²) >= 11 is 7.15. The van der Waals surface area contributed by atoms with E-state index in [4.69, 9.17) is 10.5 Å². The van der Waals surface area contributed by atoms with Crippen molar-refractivity contribution in [1.82, 2.24) is 4.57 Å². The summed E-state index contributed by atoms with van der Waals surface area (Å²) in [6.07, 6.45) is 7.86. The first-order valence-electron chi connectivity index (χ1n) is 10.1. The molecule has 5 aromatic heterocycles. The maximum atomic E-state index is 8.78. The van der Waals surface area contributed by atoms with Crippen LogP contribution in [-0.4, -0.2) is 4.57 Å². The Morgan fingerprint density at radius 1 is 0.750 bits per heavy atom. The maximum absolute atomic E-state index is 8.78. The van der Waals surface area contributed by atoms with Gasteiger partial charge in [0.1, 0.15) is 0 Å². The smallest absolute Gasteiger partial charge is 0.0912 e. The molecule has 156 valence electrons. The van der Waals surface area contributed by atoms with Crippen molar-refractivity contribution in [2.45, 2.75) is 19.9 Å². The Morgan fingerprint density at radius 3 is 1.69 bits per heavy atom. The lowest BCUT2D eigenvalue weighted by atomic mass is 10.3. The van der Waals surface area contributed by atoms with Gasteiger partial charge in [-0.2, -0.15) is 10.5 Å². The number of nitriles is 2. The fourth-order valence-corrected chi connectivity index (χ4v) is 8.17. The second-order valence-electron chi connectivity index (χ2n) is 7.13. The predicted octanol–water partition coefficient (Wildman–Crippen LogP) is 8.86. The largest absolute Gasteiger partial charge is 0.339 e. The van der Waals surface area contributed by atoms with Crippen molar-refractivity contribution in [2.75, 3.05) is 0 Å². The Hall–Kier alpha value is -2.94. The van der Waals surface area contributed by atoms with E-state index in [0.717, 1.165) is 22.7 Å². The number of nitrogens with zero attached hydrogens (tertiary/aromatic N) is 3. The SMILES string of the molecule is CCCn1c2cc(-c3ccc(C=CC#N)s3)sc2c2sc(-c3ccc(C=CC#N)s3)cc21. The van der Waals surface area contributed by atoms with Crippen LogP contribution in [0.2, 0.25) is 0 Å². The summed E-state index contributed by atoms with van der Waals surface area (Å²) < 4.78 is 5.16. The lowest BCUT2D eigenvalue weighted by Crippen LogP contribution is -1.94. The zero-order chi connectivity index (χ0) is 22.1. The number of hydrogen-bond donors (Lipinski definition) is 0. The highest BCUT2D eigenvalue weighted by Gasteiger charge is 2.19. The van der Waals surface area contributed by atoms with Crippen LogP contribution in [0, 0.1) is 22.7 Å². The van der Waals surface area contributed by atoms with E-state index in [2.05, 4.69) is 60.0 Å². The summed E-state index contributed by atoms with van der Waals surface area (Å²) in [7, 11) is 0. The molecule has 3 nitrogen and oxygen atoms in total. The third kappa shape index (κ3) is 3.74. The number of aromatic nitrogens is 1. The standard InChI is InChI=1S/C25H17N3S4/c1-2-13-28-18-14-22(20-9-7-16(29-20)5-3-11-26)31-24(18)25-19(28)15-23(32-25)21-10-8-17(30-21)6-4-12-27/h3-10,14-15H,2,13H2,1H3. The molecule has 0 aliphatic carbocycles. The van der Waals surface area contributed by atoms with Crippen LogP contribution < -0.4 is 0 Å². The molecule has 0 unspecified atom stereocenters. The molecule has 5 rings (SSSR count). The number of allylic oxidation sites excluding steroid dienone is 2. The van der Waals surface area contributed by atoms with Crippen LogP contribution >= 0.6 is 45.3 Å². The second-order valence-corrected chi connectivity index (χ2v) is 11.5. The Balaban J connectivity index is 1.60. The van der Waals surface area contributed by atoms with E-state index in [1.54, 1.807) is 22.7 Å². The summed E-state index contributed by atoms with van der Waals surface area (Å²) in [5, 5.41) is 17.6. The monoisotopic (exact) mass is 487 g/mol. The molecule has 5 aromatic rings. The highest BCUT2D eigenvalue weighted by molar-refractivity contribution is 7.32. The van der Waals surface area contributed by atoms with Gasteiger partial charge in [0.2, 0.25) is 0 Å². The lowest BCUT2D eigenvalue weighted by molar-refractivity contribution is 0.725. The van der Waals surface area contributed by atoms with Gasteiger partial charge >= 0.3 is 0 Å².